The molecule has 2 N–H and O–H groups in total. The minimum atomic E-state index is -4.36. The first-order valence-corrected chi connectivity index (χ1v) is 17.3. The lowest BCUT2D eigenvalue weighted by Crippen LogP contribution is -2.49. The van der Waals surface area contributed by atoms with Gasteiger partial charge in [0.05, 0.1) is 18.4 Å². The Labute approximate surface area is 264 Å². The lowest BCUT2D eigenvalue weighted by atomic mass is 9.68. The molecule has 2 aromatic rings. The second-order valence-electron chi connectivity index (χ2n) is 13.0. The van der Waals surface area contributed by atoms with Gasteiger partial charge in [-0.3, -0.25) is 9.59 Å². The highest BCUT2D eigenvalue weighted by Crippen LogP contribution is 2.46. The number of anilines is 1. The van der Waals surface area contributed by atoms with E-state index in [1.54, 1.807) is 30.4 Å². The van der Waals surface area contributed by atoms with Crippen molar-refractivity contribution in [3.05, 3.63) is 70.3 Å². The summed E-state index contributed by atoms with van der Waals surface area (Å²) in [6.45, 7) is 1.77. The lowest BCUT2D eigenvalue weighted by molar-refractivity contribution is -0.128. The molecule has 2 aliphatic carbocycles. The highest BCUT2D eigenvalue weighted by Gasteiger charge is 2.44. The van der Waals surface area contributed by atoms with E-state index in [2.05, 4.69) is 15.7 Å². The number of hydrogen-bond acceptors (Lipinski definition) is 7. The van der Waals surface area contributed by atoms with Crippen molar-refractivity contribution in [1.29, 1.82) is 0 Å². The number of benzene rings is 2. The summed E-state index contributed by atoms with van der Waals surface area (Å²) in [5.41, 5.74) is 3.03. The highest BCUT2D eigenvalue weighted by molar-refractivity contribution is 7.91. The van der Waals surface area contributed by atoms with Crippen LogP contribution in [0.3, 0.4) is 0 Å². The molecular weight excluding hydrogens is 602 g/mol. The molecule has 0 unspecified atom stereocenters. The molecule has 0 aromatic heterocycles. The van der Waals surface area contributed by atoms with Crippen molar-refractivity contribution in [2.75, 3.05) is 38.7 Å². The third kappa shape index (κ3) is 5.84. The second kappa shape index (κ2) is 12.0. The van der Waals surface area contributed by atoms with Gasteiger partial charge in [-0.25, -0.2) is 13.1 Å². The average molecular weight is 642 g/mol. The predicted octanol–water partition coefficient (Wildman–Crippen LogP) is 4.07. The van der Waals surface area contributed by atoms with Gasteiger partial charge in [0, 0.05) is 43.2 Å². The van der Waals surface area contributed by atoms with E-state index in [0.29, 0.717) is 30.5 Å². The molecule has 2 heterocycles. The number of aliphatic hydroxyl groups excluding tert-OH is 1. The molecule has 0 saturated heterocycles. The van der Waals surface area contributed by atoms with Gasteiger partial charge in [-0.2, -0.15) is 0 Å². The van der Waals surface area contributed by atoms with Crippen molar-refractivity contribution in [3.63, 3.8) is 0 Å². The van der Waals surface area contributed by atoms with E-state index in [0.717, 1.165) is 37.8 Å². The number of aliphatic hydroxyl groups is 1. The maximum absolute atomic E-state index is 13.5. The number of hydrogen-bond donors (Lipinski definition) is 2. The van der Waals surface area contributed by atoms with Crippen LogP contribution >= 0.6 is 11.6 Å². The first-order chi connectivity index (χ1) is 21.0. The molecule has 4 aliphatic rings. The fraction of sp³-hybridized carbons (Fsp3) is 0.515. The summed E-state index contributed by atoms with van der Waals surface area (Å²) in [4.78, 5) is 29.9. The summed E-state index contributed by atoms with van der Waals surface area (Å²) in [7, 11) is -1.38. The van der Waals surface area contributed by atoms with Gasteiger partial charge in [0.2, 0.25) is 15.9 Å². The lowest BCUT2D eigenvalue weighted by Gasteiger charge is -2.45. The molecule has 1 saturated carbocycles. The van der Waals surface area contributed by atoms with Gasteiger partial charge in [-0.1, -0.05) is 29.8 Å². The molecule has 1 spiro atoms. The number of aryl methyl sites for hydroxylation is 1. The number of ether oxygens (including phenoxy) is 1. The number of sulfonamides is 1. The zero-order chi connectivity index (χ0) is 31.2. The molecule has 9 nitrogen and oxygen atoms in total. The fourth-order valence-electron chi connectivity index (χ4n) is 7.39. The predicted molar refractivity (Wildman–Crippen MR) is 170 cm³/mol. The standard InChI is InChI=1S/C33H40ClN3O6S/c1-36(2)32(40)30-8-4-3-7-28(38)25-12-9-23(25)18-37-19-33(15-5-6-21-16-24(34)11-13-26(21)33)20-43-29-14-10-22(17-27(29)37)31(39)35-44(30,41)42/h3,7,10-11,13-14,16-17,23,25,28,30,38H,4-6,8-9,12,15,18-20H2,1-2H3,(H,35,39)/b7-3+/t23-,25+,28-,30-,33-/m0/s1. The number of amides is 2. The minimum Gasteiger partial charge on any atom is -0.490 e. The van der Waals surface area contributed by atoms with Crippen molar-refractivity contribution in [1.82, 2.24) is 9.62 Å². The fourth-order valence-corrected chi connectivity index (χ4v) is 9.03. The molecule has 2 bridgehead atoms. The van der Waals surface area contributed by atoms with E-state index in [1.165, 1.54) is 30.1 Å². The van der Waals surface area contributed by atoms with Crippen LogP contribution < -0.4 is 14.4 Å². The first kappa shape index (κ1) is 30.9. The maximum atomic E-state index is 13.5. The van der Waals surface area contributed by atoms with E-state index in [1.807, 2.05) is 12.1 Å². The number of nitrogens with one attached hydrogen (secondary N) is 1. The van der Waals surface area contributed by atoms with Crippen molar-refractivity contribution >= 4 is 39.1 Å². The van der Waals surface area contributed by atoms with Crippen LogP contribution in [-0.2, 0) is 26.7 Å². The zero-order valence-electron chi connectivity index (χ0n) is 25.2. The molecule has 2 amide bonds. The quantitative estimate of drug-likeness (QED) is 0.451. The van der Waals surface area contributed by atoms with E-state index < -0.39 is 33.2 Å². The van der Waals surface area contributed by atoms with Gasteiger partial charge in [-0.15, -0.1) is 0 Å². The number of rotatable bonds is 1. The molecule has 2 aliphatic heterocycles. The Bertz CT molecular complexity index is 1590. The van der Waals surface area contributed by atoms with Crippen LogP contribution in [0.1, 0.15) is 60.0 Å². The normalized spacial score (nSPS) is 30.5. The number of allylic oxidation sites excluding steroid dienone is 1. The summed E-state index contributed by atoms with van der Waals surface area (Å²) < 4.78 is 35.5. The Kier molecular flexibility index (Phi) is 8.45. The number of nitrogens with zero attached hydrogens (tertiary/aromatic N) is 2. The highest BCUT2D eigenvalue weighted by atomic mass is 35.5. The largest absolute Gasteiger partial charge is 0.490 e. The molecule has 1 fully saturated rings. The molecule has 0 radical (unpaired) electrons. The Hall–Kier alpha value is -3.08. The van der Waals surface area contributed by atoms with Crippen LogP contribution in [-0.4, -0.2) is 75.4 Å². The van der Waals surface area contributed by atoms with Gasteiger partial charge in [-0.05, 0) is 98.2 Å². The van der Waals surface area contributed by atoms with Gasteiger partial charge >= 0.3 is 0 Å². The van der Waals surface area contributed by atoms with E-state index in [-0.39, 0.29) is 35.7 Å². The van der Waals surface area contributed by atoms with Gasteiger partial charge < -0.3 is 19.6 Å². The smallest absolute Gasteiger partial charge is 0.264 e. The topological polar surface area (TPSA) is 116 Å². The Morgan fingerprint density at radius 1 is 1.16 bits per heavy atom. The maximum Gasteiger partial charge on any atom is 0.264 e. The number of fused-ring (bicyclic) bond motifs is 4. The third-order valence-electron chi connectivity index (χ3n) is 9.92. The molecule has 236 valence electrons. The molecule has 44 heavy (non-hydrogen) atoms. The number of halogens is 1. The van der Waals surface area contributed by atoms with Crippen LogP contribution in [0.15, 0.2) is 48.6 Å². The minimum absolute atomic E-state index is 0.0164. The third-order valence-corrected chi connectivity index (χ3v) is 11.8. The van der Waals surface area contributed by atoms with Gasteiger partial charge in [0.25, 0.3) is 5.91 Å². The van der Waals surface area contributed by atoms with Crippen LogP contribution in [0.25, 0.3) is 0 Å². The van der Waals surface area contributed by atoms with Crippen LogP contribution in [0.5, 0.6) is 5.75 Å². The molecular formula is C33H40ClN3O6S. The van der Waals surface area contributed by atoms with Crippen molar-refractivity contribution < 1.29 is 27.9 Å². The Balaban J connectivity index is 1.42. The van der Waals surface area contributed by atoms with Gasteiger partial charge in [0.1, 0.15) is 5.75 Å². The van der Waals surface area contributed by atoms with Crippen LogP contribution in [0.4, 0.5) is 5.69 Å². The Morgan fingerprint density at radius 3 is 2.73 bits per heavy atom. The summed E-state index contributed by atoms with van der Waals surface area (Å²) in [5.74, 6) is -0.504. The molecule has 11 heteroatoms. The van der Waals surface area contributed by atoms with E-state index in [9.17, 15) is 23.1 Å². The second-order valence-corrected chi connectivity index (χ2v) is 15.3. The van der Waals surface area contributed by atoms with Gasteiger partial charge in [0.15, 0.2) is 5.25 Å². The summed E-state index contributed by atoms with van der Waals surface area (Å²) in [6.07, 6.45) is 7.78. The average Bonchev–Trinajstić information content (AvgIpc) is 3.11. The summed E-state index contributed by atoms with van der Waals surface area (Å²) in [6, 6.07) is 11.1. The van der Waals surface area contributed by atoms with Crippen molar-refractivity contribution in [2.45, 2.75) is 61.7 Å². The monoisotopic (exact) mass is 641 g/mol. The van der Waals surface area contributed by atoms with Crippen molar-refractivity contribution in [3.8, 4) is 5.75 Å². The zero-order valence-corrected chi connectivity index (χ0v) is 26.7. The summed E-state index contributed by atoms with van der Waals surface area (Å²) >= 11 is 6.38. The van der Waals surface area contributed by atoms with E-state index in [4.69, 9.17) is 16.3 Å². The number of carbonyl (C=O) groups excluding carboxylic acids is 2. The SMILES string of the molecule is CN(C)C(=O)[C@@H]1CC/C=C/[C@H](O)[C@@H]2CC[C@H]2CN2C[C@@]3(CCCc4cc(Cl)ccc43)COc3ccc(cc32)C(=O)NS1(=O)=O. The van der Waals surface area contributed by atoms with E-state index >= 15 is 0 Å². The number of carbonyl (C=O) groups is 2. The molecule has 5 atom stereocenters. The Morgan fingerprint density at radius 2 is 1.98 bits per heavy atom. The van der Waals surface area contributed by atoms with Crippen molar-refractivity contribution in [2.24, 2.45) is 11.8 Å². The van der Waals surface area contributed by atoms with Crippen LogP contribution in [0, 0.1) is 11.8 Å². The van der Waals surface area contributed by atoms with Crippen LogP contribution in [0.2, 0.25) is 5.02 Å². The molecule has 6 rings (SSSR count). The summed E-state index contributed by atoms with van der Waals surface area (Å²) in [5, 5.41) is 10.4. The first-order valence-electron chi connectivity index (χ1n) is 15.4. The molecule has 2 aromatic carbocycles.